The number of aromatic nitrogens is 1. The predicted molar refractivity (Wildman–Crippen MR) is 81.5 cm³/mol. The van der Waals surface area contributed by atoms with E-state index in [1.807, 2.05) is 0 Å². The van der Waals surface area contributed by atoms with Gasteiger partial charge in [-0.1, -0.05) is 22.9 Å². The number of nitrogens with zero attached hydrogens (tertiary/aromatic N) is 2. The molecule has 1 amide bonds. The van der Waals surface area contributed by atoms with Crippen LogP contribution < -0.4 is 5.32 Å². The second kappa shape index (κ2) is 5.99. The summed E-state index contributed by atoms with van der Waals surface area (Å²) in [6.07, 6.45) is 0.708. The maximum absolute atomic E-state index is 12.2. The van der Waals surface area contributed by atoms with Crippen molar-refractivity contribution in [3.63, 3.8) is 0 Å². The van der Waals surface area contributed by atoms with Crippen molar-refractivity contribution in [2.45, 2.75) is 13.0 Å². The minimum atomic E-state index is -0.577. The van der Waals surface area contributed by atoms with Crippen LogP contribution in [0, 0.1) is 10.1 Å². The Morgan fingerprint density at radius 3 is 3.05 bits per heavy atom. The molecule has 0 fully saturated rings. The molecule has 114 valence electrons. The van der Waals surface area contributed by atoms with E-state index in [4.69, 9.17) is 16.3 Å². The summed E-state index contributed by atoms with van der Waals surface area (Å²) >= 11 is 7.27. The van der Waals surface area contributed by atoms with Gasteiger partial charge in [0.05, 0.1) is 39.3 Å². The Hall–Kier alpha value is -2.03. The number of amides is 1. The van der Waals surface area contributed by atoms with Gasteiger partial charge in [-0.2, -0.15) is 0 Å². The molecule has 0 atom stereocenters. The van der Waals surface area contributed by atoms with E-state index >= 15 is 0 Å². The van der Waals surface area contributed by atoms with Crippen LogP contribution in [0.4, 0.5) is 10.8 Å². The number of thiazole rings is 1. The number of non-ortho nitro benzene ring substituents is 1. The van der Waals surface area contributed by atoms with Crippen LogP contribution in [0.2, 0.25) is 5.02 Å². The fourth-order valence-electron chi connectivity index (χ4n) is 2.04. The summed E-state index contributed by atoms with van der Waals surface area (Å²) in [5, 5.41) is 14.0. The summed E-state index contributed by atoms with van der Waals surface area (Å²) in [5.41, 5.74) is 0.762. The zero-order chi connectivity index (χ0) is 15.7. The molecule has 0 saturated carbocycles. The van der Waals surface area contributed by atoms with Crippen LogP contribution in [0.3, 0.4) is 0 Å². The molecule has 1 aliphatic rings. The normalized spacial score (nSPS) is 13.5. The van der Waals surface area contributed by atoms with Crippen molar-refractivity contribution in [2.75, 3.05) is 11.9 Å². The molecule has 2 heterocycles. The minimum absolute atomic E-state index is 0.0419. The maximum atomic E-state index is 12.2. The number of hydrogen-bond acceptors (Lipinski definition) is 6. The number of ether oxygens (including phenoxy) is 1. The highest BCUT2D eigenvalue weighted by molar-refractivity contribution is 7.15. The maximum Gasteiger partial charge on any atom is 0.270 e. The zero-order valence-electron chi connectivity index (χ0n) is 11.2. The third-order valence-corrected chi connectivity index (χ3v) is 4.44. The van der Waals surface area contributed by atoms with Gasteiger partial charge in [-0.3, -0.25) is 20.2 Å². The van der Waals surface area contributed by atoms with Crippen LogP contribution in [0.25, 0.3) is 0 Å². The Balaban J connectivity index is 1.83. The Morgan fingerprint density at radius 1 is 1.50 bits per heavy atom. The van der Waals surface area contributed by atoms with E-state index in [2.05, 4.69) is 10.3 Å². The molecular weight excluding hydrogens is 330 g/mol. The van der Waals surface area contributed by atoms with E-state index in [9.17, 15) is 14.9 Å². The second-order valence-corrected chi connectivity index (χ2v) is 6.06. The molecule has 0 unspecified atom stereocenters. The number of nitro groups is 1. The topological polar surface area (TPSA) is 94.4 Å². The van der Waals surface area contributed by atoms with Crippen molar-refractivity contribution in [3.8, 4) is 0 Å². The van der Waals surface area contributed by atoms with Gasteiger partial charge >= 0.3 is 0 Å². The van der Waals surface area contributed by atoms with E-state index in [0.29, 0.717) is 24.8 Å². The Kier molecular flexibility index (Phi) is 4.06. The van der Waals surface area contributed by atoms with Crippen molar-refractivity contribution in [1.82, 2.24) is 4.98 Å². The lowest BCUT2D eigenvalue weighted by Crippen LogP contribution is -2.13. The molecule has 1 aliphatic heterocycles. The number of fused-ring (bicyclic) bond motifs is 1. The molecule has 7 nitrogen and oxygen atoms in total. The van der Waals surface area contributed by atoms with Gasteiger partial charge in [-0.25, -0.2) is 4.98 Å². The SMILES string of the molecule is O=C(Nc1nc2c(s1)COCC2)c1cc([N+](=O)[O-])ccc1Cl. The quantitative estimate of drug-likeness (QED) is 0.685. The monoisotopic (exact) mass is 339 g/mol. The van der Waals surface area contributed by atoms with Crippen molar-refractivity contribution in [3.05, 3.63) is 49.5 Å². The first-order valence-electron chi connectivity index (χ1n) is 6.36. The lowest BCUT2D eigenvalue weighted by molar-refractivity contribution is -0.384. The molecule has 0 saturated heterocycles. The number of hydrogen-bond donors (Lipinski definition) is 1. The highest BCUT2D eigenvalue weighted by Gasteiger charge is 2.20. The average molecular weight is 340 g/mol. The van der Waals surface area contributed by atoms with Crippen LogP contribution >= 0.6 is 22.9 Å². The summed E-state index contributed by atoms with van der Waals surface area (Å²) < 4.78 is 5.32. The van der Waals surface area contributed by atoms with Gasteiger partial charge in [0, 0.05) is 18.6 Å². The molecule has 3 rings (SSSR count). The number of carbonyl (C=O) groups excluding carboxylic acids is 1. The highest BCUT2D eigenvalue weighted by Crippen LogP contribution is 2.28. The van der Waals surface area contributed by atoms with Crippen LogP contribution in [0.5, 0.6) is 0 Å². The van der Waals surface area contributed by atoms with E-state index in [-0.39, 0.29) is 16.3 Å². The van der Waals surface area contributed by atoms with Gasteiger partial charge in [-0.05, 0) is 6.07 Å². The first-order chi connectivity index (χ1) is 10.5. The number of anilines is 1. The summed E-state index contributed by atoms with van der Waals surface area (Å²) in [7, 11) is 0. The van der Waals surface area contributed by atoms with Gasteiger partial charge in [0.15, 0.2) is 5.13 Å². The van der Waals surface area contributed by atoms with Crippen molar-refractivity contribution in [2.24, 2.45) is 0 Å². The van der Waals surface area contributed by atoms with E-state index in [1.165, 1.54) is 23.5 Å². The first kappa shape index (κ1) is 14.9. The Morgan fingerprint density at radius 2 is 2.32 bits per heavy atom. The minimum Gasteiger partial charge on any atom is -0.375 e. The van der Waals surface area contributed by atoms with Gasteiger partial charge < -0.3 is 4.74 Å². The first-order valence-corrected chi connectivity index (χ1v) is 7.55. The van der Waals surface area contributed by atoms with Crippen LogP contribution in [0.15, 0.2) is 18.2 Å². The van der Waals surface area contributed by atoms with E-state index in [0.717, 1.165) is 16.6 Å². The molecule has 1 N–H and O–H groups in total. The largest absolute Gasteiger partial charge is 0.375 e. The Labute approximate surface area is 134 Å². The molecule has 22 heavy (non-hydrogen) atoms. The summed E-state index contributed by atoms with van der Waals surface area (Å²) in [6, 6.07) is 3.72. The summed E-state index contributed by atoms with van der Waals surface area (Å²) in [5.74, 6) is -0.527. The van der Waals surface area contributed by atoms with Crippen LogP contribution in [-0.4, -0.2) is 22.4 Å². The van der Waals surface area contributed by atoms with Gasteiger partial charge in [0.1, 0.15) is 0 Å². The van der Waals surface area contributed by atoms with E-state index < -0.39 is 10.8 Å². The molecular formula is C13H10ClN3O4S. The molecule has 1 aromatic heterocycles. The highest BCUT2D eigenvalue weighted by atomic mass is 35.5. The molecule has 9 heteroatoms. The molecule has 2 aromatic rings. The number of nitro benzene ring substituents is 1. The number of carbonyl (C=O) groups is 1. The lowest BCUT2D eigenvalue weighted by atomic mass is 10.2. The number of nitrogens with one attached hydrogen (secondary N) is 1. The van der Waals surface area contributed by atoms with Gasteiger partial charge in [-0.15, -0.1) is 0 Å². The average Bonchev–Trinajstić information content (AvgIpc) is 2.89. The zero-order valence-corrected chi connectivity index (χ0v) is 12.7. The smallest absolute Gasteiger partial charge is 0.270 e. The van der Waals surface area contributed by atoms with Gasteiger partial charge in [0.2, 0.25) is 0 Å². The van der Waals surface area contributed by atoms with Crippen LogP contribution in [0.1, 0.15) is 20.9 Å². The standard InChI is InChI=1S/C13H10ClN3O4S/c14-9-2-1-7(17(19)20)5-8(9)12(18)16-13-15-10-3-4-21-6-11(10)22-13/h1-2,5H,3-4,6H2,(H,15,16,18). The molecule has 0 bridgehead atoms. The fourth-order valence-corrected chi connectivity index (χ4v) is 3.19. The van der Waals surface area contributed by atoms with Crippen molar-refractivity contribution in [1.29, 1.82) is 0 Å². The third-order valence-electron chi connectivity index (χ3n) is 3.12. The number of rotatable bonds is 3. The molecule has 1 aromatic carbocycles. The summed E-state index contributed by atoms with van der Waals surface area (Å²) in [4.78, 5) is 27.8. The Bertz CT molecular complexity index is 738. The summed E-state index contributed by atoms with van der Waals surface area (Å²) in [6.45, 7) is 1.10. The van der Waals surface area contributed by atoms with Crippen molar-refractivity contribution < 1.29 is 14.5 Å². The van der Waals surface area contributed by atoms with Crippen LogP contribution in [-0.2, 0) is 17.8 Å². The molecule has 0 spiro atoms. The van der Waals surface area contributed by atoms with Gasteiger partial charge in [0.25, 0.3) is 11.6 Å². The number of halogens is 1. The molecule has 0 aliphatic carbocycles. The lowest BCUT2D eigenvalue weighted by Gasteiger charge is -2.08. The fraction of sp³-hybridized carbons (Fsp3) is 0.231. The van der Waals surface area contributed by atoms with E-state index in [1.54, 1.807) is 0 Å². The predicted octanol–water partition coefficient (Wildman–Crippen LogP) is 3.03. The number of benzene rings is 1. The second-order valence-electron chi connectivity index (χ2n) is 4.57. The third kappa shape index (κ3) is 2.94. The van der Waals surface area contributed by atoms with Crippen molar-refractivity contribution >= 4 is 39.7 Å². The molecule has 0 radical (unpaired) electrons.